The van der Waals surface area contributed by atoms with Gasteiger partial charge in [0.15, 0.2) is 11.5 Å². The van der Waals surface area contributed by atoms with Crippen molar-refractivity contribution in [2.45, 2.75) is 26.9 Å². The van der Waals surface area contributed by atoms with Crippen LogP contribution in [0.25, 0.3) is 0 Å². The molecule has 0 aromatic heterocycles. The molecule has 1 aliphatic heterocycles. The summed E-state index contributed by atoms with van der Waals surface area (Å²) in [7, 11) is 0. The maximum atomic E-state index is 12.9. The van der Waals surface area contributed by atoms with Gasteiger partial charge in [0.2, 0.25) is 0 Å². The van der Waals surface area contributed by atoms with Crippen molar-refractivity contribution < 1.29 is 19.1 Å². The molecule has 33 heavy (non-hydrogen) atoms. The molecule has 170 valence electrons. The molecule has 2 amide bonds. The number of imide groups is 1. The Morgan fingerprint density at radius 2 is 1.76 bits per heavy atom. The van der Waals surface area contributed by atoms with E-state index in [0.717, 1.165) is 21.5 Å². The monoisotopic (exact) mass is 508 g/mol. The Morgan fingerprint density at radius 3 is 2.42 bits per heavy atom. The molecule has 5 rings (SSSR count). The van der Waals surface area contributed by atoms with E-state index in [1.807, 2.05) is 38.1 Å². The molecule has 6 nitrogen and oxygen atoms in total. The van der Waals surface area contributed by atoms with Crippen molar-refractivity contribution in [1.29, 1.82) is 0 Å². The number of ether oxygens (including phenoxy) is 2. The fourth-order valence-corrected chi connectivity index (χ4v) is 5.54. The maximum Gasteiger partial charge on any atom is 0.254 e. The van der Waals surface area contributed by atoms with Crippen LogP contribution in [0.4, 0.5) is 0 Å². The quantitative estimate of drug-likeness (QED) is 0.303. The predicted octanol–water partition coefficient (Wildman–Crippen LogP) is 4.88. The molecule has 0 unspecified atom stereocenters. The lowest BCUT2D eigenvalue weighted by Gasteiger charge is -2.15. The van der Waals surface area contributed by atoms with Crippen LogP contribution >= 0.6 is 15.9 Å². The Balaban J connectivity index is 1.35. The molecule has 2 fully saturated rings. The van der Waals surface area contributed by atoms with Gasteiger partial charge in [0.05, 0.1) is 24.7 Å². The third-order valence-corrected chi connectivity index (χ3v) is 7.29. The highest BCUT2D eigenvalue weighted by molar-refractivity contribution is 9.10. The van der Waals surface area contributed by atoms with Gasteiger partial charge in [0.1, 0.15) is 6.61 Å². The molecule has 1 heterocycles. The van der Waals surface area contributed by atoms with E-state index >= 15 is 0 Å². The van der Waals surface area contributed by atoms with Crippen molar-refractivity contribution >= 4 is 34.0 Å². The number of nitrogens with zero attached hydrogens (tertiary/aromatic N) is 2. The molecule has 7 heteroatoms. The molecule has 2 aliphatic carbocycles. The number of carbonyl (C=O) groups is 2. The summed E-state index contributed by atoms with van der Waals surface area (Å²) in [6, 6.07) is 11.8. The van der Waals surface area contributed by atoms with Gasteiger partial charge in [0, 0.05) is 10.0 Å². The van der Waals surface area contributed by atoms with Crippen molar-refractivity contribution in [2.75, 3.05) is 6.61 Å². The highest BCUT2D eigenvalue weighted by atomic mass is 79.9. The summed E-state index contributed by atoms with van der Waals surface area (Å²) in [5, 5.41) is 5.34. The van der Waals surface area contributed by atoms with Gasteiger partial charge < -0.3 is 9.47 Å². The van der Waals surface area contributed by atoms with E-state index < -0.39 is 0 Å². The van der Waals surface area contributed by atoms with Crippen LogP contribution in [0.3, 0.4) is 0 Å². The number of halogens is 1. The number of rotatable bonds is 7. The molecular formula is C26H25BrN2O4. The molecule has 2 bridgehead atoms. The lowest BCUT2D eigenvalue weighted by Crippen LogP contribution is -2.28. The number of carbonyl (C=O) groups excluding carboxylic acids is 2. The summed E-state index contributed by atoms with van der Waals surface area (Å²) in [5.41, 5.74) is 2.94. The van der Waals surface area contributed by atoms with Crippen LogP contribution in [0.2, 0.25) is 0 Å². The standard InChI is InChI=1S/C26H25BrN2O4/c1-3-32-21-11-19(20(27)12-22(21)33-14-16-6-4-5-15(2)9-16)13-28-29-25(30)23-17-7-8-18(10-17)24(23)26(29)31/h4-9,11-13,17-18,23-24H,3,10,14H2,1-2H3/t17-,18-,23-,24+/m0/s1. The Bertz CT molecular complexity index is 1140. The van der Waals surface area contributed by atoms with Gasteiger partial charge in [-0.25, -0.2) is 0 Å². The summed E-state index contributed by atoms with van der Waals surface area (Å²) in [6.07, 6.45) is 6.58. The Morgan fingerprint density at radius 1 is 1.06 bits per heavy atom. The van der Waals surface area contributed by atoms with Crippen LogP contribution in [0, 0.1) is 30.6 Å². The zero-order valence-electron chi connectivity index (χ0n) is 18.5. The first-order valence-corrected chi connectivity index (χ1v) is 12.0. The molecule has 2 aromatic carbocycles. The van der Waals surface area contributed by atoms with Gasteiger partial charge >= 0.3 is 0 Å². The molecular weight excluding hydrogens is 484 g/mol. The number of aryl methyl sites for hydroxylation is 1. The van der Waals surface area contributed by atoms with Crippen molar-refractivity contribution in [3.05, 3.63) is 69.7 Å². The summed E-state index contributed by atoms with van der Waals surface area (Å²) in [4.78, 5) is 25.7. The van der Waals surface area contributed by atoms with Gasteiger partial charge in [-0.05, 0) is 65.7 Å². The van der Waals surface area contributed by atoms with E-state index in [4.69, 9.17) is 9.47 Å². The summed E-state index contributed by atoms with van der Waals surface area (Å²) in [6.45, 7) is 4.84. The molecule has 1 saturated heterocycles. The fourth-order valence-electron chi connectivity index (χ4n) is 5.11. The average Bonchev–Trinajstić information content (AvgIpc) is 3.47. The van der Waals surface area contributed by atoms with Gasteiger partial charge in [-0.2, -0.15) is 10.1 Å². The third kappa shape index (κ3) is 3.99. The molecule has 2 aromatic rings. The highest BCUT2D eigenvalue weighted by Crippen LogP contribution is 2.52. The number of benzene rings is 2. The fraction of sp³-hybridized carbons (Fsp3) is 0.346. The molecule has 4 atom stereocenters. The zero-order chi connectivity index (χ0) is 23.1. The van der Waals surface area contributed by atoms with Gasteiger partial charge in [0.25, 0.3) is 11.8 Å². The Labute approximate surface area is 201 Å². The average molecular weight is 509 g/mol. The third-order valence-electron chi connectivity index (χ3n) is 6.60. The molecule has 1 saturated carbocycles. The summed E-state index contributed by atoms with van der Waals surface area (Å²) >= 11 is 3.56. The smallest absolute Gasteiger partial charge is 0.254 e. The van der Waals surface area contributed by atoms with Crippen LogP contribution in [-0.2, 0) is 16.2 Å². The van der Waals surface area contributed by atoms with Crippen molar-refractivity contribution in [3.63, 3.8) is 0 Å². The topological polar surface area (TPSA) is 68.2 Å². The first-order chi connectivity index (χ1) is 16.0. The normalized spacial score (nSPS) is 25.4. The second kappa shape index (κ2) is 8.78. The van der Waals surface area contributed by atoms with E-state index in [1.165, 1.54) is 11.8 Å². The minimum atomic E-state index is -0.260. The Hall–Kier alpha value is -2.93. The first kappa shape index (κ1) is 21.9. The van der Waals surface area contributed by atoms with E-state index in [0.29, 0.717) is 30.3 Å². The summed E-state index contributed by atoms with van der Waals surface area (Å²) in [5.74, 6) is 0.597. The van der Waals surface area contributed by atoms with Crippen molar-refractivity contribution in [2.24, 2.45) is 28.8 Å². The van der Waals surface area contributed by atoms with Crippen LogP contribution < -0.4 is 9.47 Å². The SMILES string of the molecule is CCOc1cc(C=NN2C(=O)[C@@H]3[C@H](C2=O)[C@H]2C=C[C@H]3C2)c(Br)cc1OCc1cccc(C)c1. The van der Waals surface area contributed by atoms with Crippen molar-refractivity contribution in [3.8, 4) is 11.5 Å². The number of hydrogen-bond donors (Lipinski definition) is 0. The van der Waals surface area contributed by atoms with Crippen LogP contribution in [0.15, 0.2) is 58.1 Å². The van der Waals surface area contributed by atoms with Gasteiger partial charge in [-0.1, -0.05) is 42.0 Å². The number of hydrazone groups is 1. The van der Waals surface area contributed by atoms with Crippen LogP contribution in [0.1, 0.15) is 30.0 Å². The zero-order valence-corrected chi connectivity index (χ0v) is 20.1. The highest BCUT2D eigenvalue weighted by Gasteiger charge is 2.59. The number of allylic oxidation sites excluding steroid dienone is 2. The predicted molar refractivity (Wildman–Crippen MR) is 128 cm³/mol. The largest absolute Gasteiger partial charge is 0.490 e. The van der Waals surface area contributed by atoms with Crippen LogP contribution in [0.5, 0.6) is 11.5 Å². The molecule has 0 radical (unpaired) electrons. The van der Waals surface area contributed by atoms with E-state index in [-0.39, 0.29) is 35.5 Å². The molecule has 3 aliphatic rings. The Kier molecular flexibility index (Phi) is 5.83. The number of hydrogen-bond acceptors (Lipinski definition) is 5. The minimum absolute atomic E-state index is 0.165. The van der Waals surface area contributed by atoms with E-state index in [2.05, 4.69) is 39.2 Å². The van der Waals surface area contributed by atoms with Gasteiger partial charge in [-0.15, -0.1) is 0 Å². The summed E-state index contributed by atoms with van der Waals surface area (Å²) < 4.78 is 12.6. The van der Waals surface area contributed by atoms with Crippen LogP contribution in [-0.4, -0.2) is 29.6 Å². The van der Waals surface area contributed by atoms with E-state index in [1.54, 1.807) is 6.07 Å². The maximum absolute atomic E-state index is 12.9. The number of amides is 2. The first-order valence-electron chi connectivity index (χ1n) is 11.2. The second-order valence-electron chi connectivity index (χ2n) is 8.76. The lowest BCUT2D eigenvalue weighted by atomic mass is 9.85. The van der Waals surface area contributed by atoms with Crippen molar-refractivity contribution in [1.82, 2.24) is 5.01 Å². The van der Waals surface area contributed by atoms with E-state index in [9.17, 15) is 9.59 Å². The second-order valence-corrected chi connectivity index (χ2v) is 9.62. The lowest BCUT2D eigenvalue weighted by molar-refractivity contribution is -0.140. The molecule has 0 spiro atoms. The van der Waals surface area contributed by atoms with Gasteiger partial charge in [-0.3, -0.25) is 9.59 Å². The number of fused-ring (bicyclic) bond motifs is 5. The molecule has 0 N–H and O–H groups in total. The minimum Gasteiger partial charge on any atom is -0.490 e.